The average Bonchev–Trinajstić information content (AvgIpc) is 2.55. The van der Waals surface area contributed by atoms with Gasteiger partial charge >= 0.3 is 0 Å². The number of fused-ring (bicyclic) bond motifs is 1. The number of hydrogen-bond acceptors (Lipinski definition) is 4. The molecule has 0 aromatic heterocycles. The summed E-state index contributed by atoms with van der Waals surface area (Å²) in [5.41, 5.74) is -0.193. The Morgan fingerprint density at radius 1 is 1.38 bits per heavy atom. The van der Waals surface area contributed by atoms with E-state index in [4.69, 9.17) is 19.5 Å². The van der Waals surface area contributed by atoms with Crippen molar-refractivity contribution in [1.29, 1.82) is 5.26 Å². The Kier molecular flexibility index (Phi) is 2.62. The van der Waals surface area contributed by atoms with Gasteiger partial charge in [0, 0.05) is 12.8 Å². The molecule has 2 bridgehead atoms. The fourth-order valence-corrected chi connectivity index (χ4v) is 3.18. The van der Waals surface area contributed by atoms with Gasteiger partial charge in [0.25, 0.3) is 0 Å². The lowest BCUT2D eigenvalue weighted by Gasteiger charge is -2.42. The van der Waals surface area contributed by atoms with Crippen LogP contribution in [0.5, 0.6) is 0 Å². The van der Waals surface area contributed by atoms with Crippen molar-refractivity contribution < 1.29 is 14.2 Å². The van der Waals surface area contributed by atoms with Gasteiger partial charge in [-0.15, -0.1) is 0 Å². The summed E-state index contributed by atoms with van der Waals surface area (Å²) in [6.45, 7) is 1.38. The van der Waals surface area contributed by atoms with Crippen molar-refractivity contribution in [3.63, 3.8) is 0 Å². The van der Waals surface area contributed by atoms with Gasteiger partial charge in [0.15, 0.2) is 0 Å². The normalized spacial score (nSPS) is 46.1. The molecule has 0 aromatic rings. The summed E-state index contributed by atoms with van der Waals surface area (Å²) < 4.78 is 17.6. The topological polar surface area (TPSA) is 51.5 Å². The lowest BCUT2D eigenvalue weighted by Crippen LogP contribution is -2.52. The number of nitrogens with zero attached hydrogens (tertiary/aromatic N) is 1. The fourth-order valence-electron chi connectivity index (χ4n) is 3.18. The number of rotatable bonds is 2. The van der Waals surface area contributed by atoms with E-state index in [0.29, 0.717) is 19.6 Å². The van der Waals surface area contributed by atoms with Gasteiger partial charge in [0.05, 0.1) is 37.6 Å². The Bertz CT molecular complexity index is 314. The van der Waals surface area contributed by atoms with E-state index in [1.165, 1.54) is 0 Å². The minimum absolute atomic E-state index is 0.193. The molecule has 4 heteroatoms. The van der Waals surface area contributed by atoms with Gasteiger partial charge in [0.1, 0.15) is 5.60 Å². The second-order valence-corrected chi connectivity index (χ2v) is 5.04. The molecule has 0 N–H and O–H groups in total. The van der Waals surface area contributed by atoms with Crippen molar-refractivity contribution in [2.45, 2.75) is 56.0 Å². The van der Waals surface area contributed by atoms with Gasteiger partial charge in [-0.3, -0.25) is 0 Å². The van der Waals surface area contributed by atoms with E-state index in [2.05, 4.69) is 6.07 Å². The minimum Gasteiger partial charge on any atom is -0.376 e. The van der Waals surface area contributed by atoms with E-state index in [1.54, 1.807) is 0 Å². The molecule has 0 aromatic carbocycles. The molecule has 0 saturated carbocycles. The monoisotopic (exact) mass is 223 g/mol. The first kappa shape index (κ1) is 10.5. The van der Waals surface area contributed by atoms with Crippen molar-refractivity contribution in [2.24, 2.45) is 0 Å². The molecule has 0 aliphatic carbocycles. The Balaban J connectivity index is 1.69. The molecular formula is C12H17NO3. The lowest BCUT2D eigenvalue weighted by atomic mass is 9.85. The van der Waals surface area contributed by atoms with Crippen molar-refractivity contribution in [2.75, 3.05) is 13.2 Å². The molecule has 0 amide bonds. The van der Waals surface area contributed by atoms with Gasteiger partial charge in [-0.1, -0.05) is 0 Å². The fraction of sp³-hybridized carbons (Fsp3) is 0.917. The summed E-state index contributed by atoms with van der Waals surface area (Å²) in [6.07, 6.45) is 5.13. The zero-order chi connectivity index (χ0) is 11.0. The van der Waals surface area contributed by atoms with E-state index >= 15 is 0 Å². The first-order valence-electron chi connectivity index (χ1n) is 6.10. The van der Waals surface area contributed by atoms with Crippen LogP contribution < -0.4 is 0 Å². The van der Waals surface area contributed by atoms with Crippen LogP contribution in [0.2, 0.25) is 0 Å². The van der Waals surface area contributed by atoms with Crippen molar-refractivity contribution in [3.05, 3.63) is 0 Å². The van der Waals surface area contributed by atoms with Gasteiger partial charge in [-0.05, 0) is 19.3 Å². The largest absolute Gasteiger partial charge is 0.376 e. The molecule has 16 heavy (non-hydrogen) atoms. The van der Waals surface area contributed by atoms with Crippen LogP contribution in [-0.2, 0) is 14.2 Å². The van der Waals surface area contributed by atoms with E-state index < -0.39 is 0 Å². The maximum atomic E-state index is 8.60. The standard InChI is InChI=1S/C12H17NO3/c13-5-1-2-9-3-4-11-12(16-9)6-10(15-11)7-14-8-12/h9-11H,1-4,6-8H2/t9-,10+,11-,12+/m0/s1. The molecule has 1 spiro atoms. The molecule has 3 aliphatic rings. The van der Waals surface area contributed by atoms with Crippen LogP contribution in [0.1, 0.15) is 32.1 Å². The molecule has 0 unspecified atom stereocenters. The highest BCUT2D eigenvalue weighted by atomic mass is 16.6. The van der Waals surface area contributed by atoms with Crippen molar-refractivity contribution in [1.82, 2.24) is 0 Å². The van der Waals surface area contributed by atoms with Crippen LogP contribution >= 0.6 is 0 Å². The van der Waals surface area contributed by atoms with Crippen molar-refractivity contribution >= 4 is 0 Å². The smallest absolute Gasteiger partial charge is 0.120 e. The molecule has 3 heterocycles. The van der Waals surface area contributed by atoms with Gasteiger partial charge in [-0.25, -0.2) is 0 Å². The molecule has 3 saturated heterocycles. The van der Waals surface area contributed by atoms with Crippen molar-refractivity contribution in [3.8, 4) is 6.07 Å². The lowest BCUT2D eigenvalue weighted by molar-refractivity contribution is -0.184. The van der Waals surface area contributed by atoms with Gasteiger partial charge in [-0.2, -0.15) is 5.26 Å². The first-order chi connectivity index (χ1) is 7.82. The summed E-state index contributed by atoms with van der Waals surface area (Å²) in [5, 5.41) is 8.60. The average molecular weight is 223 g/mol. The zero-order valence-electron chi connectivity index (χ0n) is 9.35. The summed E-state index contributed by atoms with van der Waals surface area (Å²) in [5.74, 6) is 0. The molecule has 4 atom stereocenters. The summed E-state index contributed by atoms with van der Waals surface area (Å²) in [6, 6.07) is 2.19. The van der Waals surface area contributed by atoms with Crippen LogP contribution in [0, 0.1) is 11.3 Å². The molecular weight excluding hydrogens is 206 g/mol. The quantitative estimate of drug-likeness (QED) is 0.710. The Labute approximate surface area is 95.5 Å². The van der Waals surface area contributed by atoms with Crippen LogP contribution in [0.25, 0.3) is 0 Å². The predicted octanol–water partition coefficient (Wildman–Crippen LogP) is 1.40. The molecule has 88 valence electrons. The van der Waals surface area contributed by atoms with E-state index in [9.17, 15) is 0 Å². The maximum Gasteiger partial charge on any atom is 0.120 e. The predicted molar refractivity (Wildman–Crippen MR) is 55.8 cm³/mol. The van der Waals surface area contributed by atoms with E-state index in [-0.39, 0.29) is 23.9 Å². The third-order valence-electron chi connectivity index (χ3n) is 3.90. The molecule has 3 rings (SSSR count). The van der Waals surface area contributed by atoms with Gasteiger partial charge < -0.3 is 14.2 Å². The molecule has 0 radical (unpaired) electrons. The zero-order valence-corrected chi connectivity index (χ0v) is 9.35. The van der Waals surface area contributed by atoms with Crippen LogP contribution in [0.4, 0.5) is 0 Å². The molecule has 4 nitrogen and oxygen atoms in total. The first-order valence-corrected chi connectivity index (χ1v) is 6.10. The highest BCUT2D eigenvalue weighted by molar-refractivity contribution is 5.03. The highest BCUT2D eigenvalue weighted by Gasteiger charge is 2.55. The molecule has 3 aliphatic heterocycles. The number of nitriles is 1. The molecule has 3 fully saturated rings. The van der Waals surface area contributed by atoms with Crippen LogP contribution in [0.15, 0.2) is 0 Å². The Hall–Kier alpha value is -0.630. The second kappa shape index (κ2) is 3.99. The summed E-state index contributed by atoms with van der Waals surface area (Å²) in [4.78, 5) is 0. The van der Waals surface area contributed by atoms with E-state index in [1.807, 2.05) is 0 Å². The highest BCUT2D eigenvalue weighted by Crippen LogP contribution is 2.44. The maximum absolute atomic E-state index is 8.60. The number of hydrogen-bond donors (Lipinski definition) is 0. The third-order valence-corrected chi connectivity index (χ3v) is 3.90. The van der Waals surface area contributed by atoms with E-state index in [0.717, 1.165) is 25.7 Å². The minimum atomic E-state index is -0.193. The van der Waals surface area contributed by atoms with Crippen LogP contribution in [-0.4, -0.2) is 37.1 Å². The second-order valence-electron chi connectivity index (χ2n) is 5.04. The Morgan fingerprint density at radius 3 is 3.19 bits per heavy atom. The number of ether oxygens (including phenoxy) is 3. The Morgan fingerprint density at radius 2 is 2.31 bits per heavy atom. The van der Waals surface area contributed by atoms with Crippen LogP contribution in [0.3, 0.4) is 0 Å². The summed E-state index contributed by atoms with van der Waals surface area (Å²) >= 11 is 0. The van der Waals surface area contributed by atoms with Gasteiger partial charge in [0.2, 0.25) is 0 Å². The SMILES string of the molecule is N#CCC[C@H]1CC[C@@H]2O[C@H]3COC[C@@]2(C3)O1. The summed E-state index contributed by atoms with van der Waals surface area (Å²) in [7, 11) is 0. The third kappa shape index (κ3) is 1.64.